The van der Waals surface area contributed by atoms with Gasteiger partial charge in [-0.15, -0.1) is 0 Å². The minimum absolute atomic E-state index is 0.0680. The number of nitrogens with zero attached hydrogens (tertiary/aromatic N) is 1. The molecule has 0 saturated carbocycles. The van der Waals surface area contributed by atoms with Crippen molar-refractivity contribution < 1.29 is 28.7 Å². The summed E-state index contributed by atoms with van der Waals surface area (Å²) in [6.07, 6.45) is 1.76. The molecule has 0 atom stereocenters. The van der Waals surface area contributed by atoms with Crippen molar-refractivity contribution in [2.45, 2.75) is 83.6 Å². The quantitative estimate of drug-likeness (QED) is 0.152. The minimum Gasteiger partial charge on any atom is -0.464 e. The van der Waals surface area contributed by atoms with Crippen molar-refractivity contribution in [1.29, 1.82) is 0 Å². The normalized spacial score (nSPS) is 12.2. The van der Waals surface area contributed by atoms with Gasteiger partial charge in [0, 0.05) is 32.6 Å². The maximum absolute atomic E-state index is 12.3. The largest absolute Gasteiger partial charge is 0.464 e. The summed E-state index contributed by atoms with van der Waals surface area (Å²) in [5.41, 5.74) is -0.980. The van der Waals surface area contributed by atoms with E-state index in [-0.39, 0.29) is 47.5 Å². The van der Waals surface area contributed by atoms with Gasteiger partial charge in [0.25, 0.3) is 0 Å². The highest BCUT2D eigenvalue weighted by Gasteiger charge is 2.27. The van der Waals surface area contributed by atoms with Crippen LogP contribution in [0.2, 0.25) is 0 Å². The Labute approximate surface area is 200 Å². The summed E-state index contributed by atoms with van der Waals surface area (Å²) in [7, 11) is 4.94. The van der Waals surface area contributed by atoms with Gasteiger partial charge in [-0.05, 0) is 48.0 Å². The predicted octanol–water partition coefficient (Wildman–Crippen LogP) is 3.23. The molecule has 10 heteroatoms. The summed E-state index contributed by atoms with van der Waals surface area (Å²) in [6, 6.07) is 0. The fraction of sp³-hybridized carbons (Fsp3) is 0.818. The van der Waals surface area contributed by atoms with Gasteiger partial charge in [0.1, 0.15) is 12.9 Å². The summed E-state index contributed by atoms with van der Waals surface area (Å²) in [6.45, 7) is 13.9. The van der Waals surface area contributed by atoms with Gasteiger partial charge in [-0.25, -0.2) is 0 Å². The highest BCUT2D eigenvalue weighted by atomic mass is 33.1. The summed E-state index contributed by atoms with van der Waals surface area (Å²) in [5, 5.41) is 2.90. The van der Waals surface area contributed by atoms with E-state index in [0.29, 0.717) is 19.5 Å². The van der Waals surface area contributed by atoms with Crippen molar-refractivity contribution in [2.24, 2.45) is 0 Å². The Kier molecular flexibility index (Phi) is 13.5. The topological polar surface area (TPSA) is 102 Å². The van der Waals surface area contributed by atoms with Crippen molar-refractivity contribution in [3.8, 4) is 0 Å². The Balaban J connectivity index is 4.37. The first-order valence-electron chi connectivity index (χ1n) is 10.7. The fourth-order valence-corrected chi connectivity index (χ4v) is 5.05. The number of carbonyl (C=O) groups excluding carboxylic acids is 4. The molecule has 0 aromatic heterocycles. The highest BCUT2D eigenvalue weighted by Crippen LogP contribution is 2.37. The number of ether oxygens (including phenoxy) is 2. The zero-order valence-corrected chi connectivity index (χ0v) is 22.4. The molecule has 0 spiro atoms. The zero-order valence-electron chi connectivity index (χ0n) is 20.7. The van der Waals surface area contributed by atoms with Crippen molar-refractivity contribution in [1.82, 2.24) is 10.2 Å². The standard InChI is InChI=1S/C22H40N2O6S2/c1-17(26)29-16-22(6,7)32-31-13-11-21(4,5)30-15-20(2,3)23-18(27)14-24(8)19(28)10-9-12-25/h12H,9-11,13-16H2,1-8H3,(H,23,27). The van der Waals surface area contributed by atoms with Gasteiger partial charge in [0.2, 0.25) is 11.8 Å². The molecule has 1 N–H and O–H groups in total. The molecule has 0 bridgehead atoms. The second-order valence-corrected chi connectivity index (χ2v) is 12.8. The van der Waals surface area contributed by atoms with Crippen molar-refractivity contribution >= 4 is 45.7 Å². The van der Waals surface area contributed by atoms with Gasteiger partial charge in [-0.3, -0.25) is 14.4 Å². The third kappa shape index (κ3) is 15.5. The van der Waals surface area contributed by atoms with Crippen LogP contribution in [0.5, 0.6) is 0 Å². The minimum atomic E-state index is -0.602. The van der Waals surface area contributed by atoms with Crippen LogP contribution in [0.25, 0.3) is 0 Å². The van der Waals surface area contributed by atoms with Crippen LogP contribution in [0, 0.1) is 0 Å². The van der Waals surface area contributed by atoms with Gasteiger partial charge < -0.3 is 24.5 Å². The van der Waals surface area contributed by atoms with E-state index >= 15 is 0 Å². The molecule has 8 nitrogen and oxygen atoms in total. The number of nitrogens with one attached hydrogen (secondary N) is 1. The van der Waals surface area contributed by atoms with E-state index in [1.807, 2.05) is 41.5 Å². The number of esters is 1. The molecule has 0 aliphatic heterocycles. The number of rotatable bonds is 16. The van der Waals surface area contributed by atoms with Gasteiger partial charge in [0.15, 0.2) is 0 Å². The number of aldehydes is 1. The van der Waals surface area contributed by atoms with Gasteiger partial charge >= 0.3 is 5.97 Å². The Morgan fingerprint density at radius 3 is 2.25 bits per heavy atom. The van der Waals surface area contributed by atoms with Crippen molar-refractivity contribution in [2.75, 3.05) is 32.6 Å². The zero-order chi connectivity index (χ0) is 25.0. The second kappa shape index (κ2) is 14.1. The third-order valence-electron chi connectivity index (χ3n) is 4.28. The first-order valence-corrected chi connectivity index (χ1v) is 13.0. The molecule has 0 unspecified atom stereocenters. The maximum atomic E-state index is 12.3. The molecular weight excluding hydrogens is 452 g/mol. The molecule has 0 fully saturated rings. The number of amides is 2. The molecule has 0 aliphatic carbocycles. The average molecular weight is 493 g/mol. The van der Waals surface area contributed by atoms with Crippen molar-refractivity contribution in [3.63, 3.8) is 0 Å². The van der Waals surface area contributed by atoms with Crippen LogP contribution in [0.15, 0.2) is 0 Å². The molecule has 0 rings (SSSR count). The predicted molar refractivity (Wildman–Crippen MR) is 131 cm³/mol. The van der Waals surface area contributed by atoms with Crippen LogP contribution >= 0.6 is 21.6 Å². The highest BCUT2D eigenvalue weighted by molar-refractivity contribution is 8.77. The molecule has 0 aromatic carbocycles. The molecule has 0 aromatic rings. The summed E-state index contributed by atoms with van der Waals surface area (Å²) >= 11 is 0. The van der Waals surface area contributed by atoms with Crippen LogP contribution in [-0.2, 0) is 28.7 Å². The summed E-state index contributed by atoms with van der Waals surface area (Å²) in [4.78, 5) is 46.8. The number of hydrogen-bond acceptors (Lipinski definition) is 8. The lowest BCUT2D eigenvalue weighted by Crippen LogP contribution is -2.51. The second-order valence-electron chi connectivity index (χ2n) is 9.63. The summed E-state index contributed by atoms with van der Waals surface area (Å²) < 4.78 is 11.0. The lowest BCUT2D eigenvalue weighted by atomic mass is 10.0. The lowest BCUT2D eigenvalue weighted by Gasteiger charge is -2.33. The van der Waals surface area contributed by atoms with Gasteiger partial charge in [-0.2, -0.15) is 0 Å². The first kappa shape index (κ1) is 30.7. The molecular formula is C22H40N2O6S2. The van der Waals surface area contributed by atoms with Crippen LogP contribution in [0.4, 0.5) is 0 Å². The van der Waals surface area contributed by atoms with E-state index in [0.717, 1.165) is 12.2 Å². The number of carbonyl (C=O) groups is 4. The number of likely N-dealkylation sites (N-methyl/N-ethyl adjacent to an activating group) is 1. The van der Waals surface area contributed by atoms with E-state index in [4.69, 9.17) is 9.47 Å². The SMILES string of the molecule is CC(=O)OCC(C)(C)SSCCC(C)(C)OCC(C)(C)NC(=O)CN(C)C(=O)CCC=O. The maximum Gasteiger partial charge on any atom is 0.302 e. The molecule has 32 heavy (non-hydrogen) atoms. The third-order valence-corrected chi connectivity index (χ3v) is 7.54. The lowest BCUT2D eigenvalue weighted by molar-refractivity contribution is -0.141. The molecule has 0 radical (unpaired) electrons. The average Bonchev–Trinajstić information content (AvgIpc) is 2.66. The molecule has 0 aliphatic rings. The monoisotopic (exact) mass is 492 g/mol. The number of hydrogen-bond donors (Lipinski definition) is 1. The Morgan fingerprint density at radius 1 is 1.06 bits per heavy atom. The Morgan fingerprint density at radius 2 is 1.69 bits per heavy atom. The summed E-state index contributed by atoms with van der Waals surface area (Å²) in [5.74, 6) is 0.0694. The molecule has 0 heterocycles. The molecule has 186 valence electrons. The first-order chi connectivity index (χ1) is 14.6. The Bertz CT molecular complexity index is 638. The van der Waals surface area contributed by atoms with Crippen LogP contribution in [-0.4, -0.2) is 77.4 Å². The van der Waals surface area contributed by atoms with E-state index in [2.05, 4.69) is 5.32 Å². The van der Waals surface area contributed by atoms with E-state index < -0.39 is 5.54 Å². The van der Waals surface area contributed by atoms with E-state index in [9.17, 15) is 19.2 Å². The van der Waals surface area contributed by atoms with Crippen LogP contribution in [0.3, 0.4) is 0 Å². The molecule has 2 amide bonds. The fourth-order valence-electron chi connectivity index (χ4n) is 2.37. The van der Waals surface area contributed by atoms with E-state index in [1.165, 1.54) is 11.8 Å². The van der Waals surface area contributed by atoms with Gasteiger partial charge in [-0.1, -0.05) is 21.6 Å². The van der Waals surface area contributed by atoms with E-state index in [1.54, 1.807) is 28.6 Å². The van der Waals surface area contributed by atoms with Gasteiger partial charge in [0.05, 0.1) is 29.0 Å². The molecule has 0 saturated heterocycles. The Hall–Kier alpha value is -1.26. The van der Waals surface area contributed by atoms with Crippen LogP contribution < -0.4 is 5.32 Å². The van der Waals surface area contributed by atoms with Crippen molar-refractivity contribution in [3.05, 3.63) is 0 Å². The smallest absolute Gasteiger partial charge is 0.302 e. The van der Waals surface area contributed by atoms with Crippen LogP contribution in [0.1, 0.15) is 67.7 Å².